The van der Waals surface area contributed by atoms with Crippen molar-refractivity contribution < 1.29 is 4.79 Å². The second kappa shape index (κ2) is 7.87. The van der Waals surface area contributed by atoms with Crippen LogP contribution in [0.2, 0.25) is 0 Å². The second-order valence-electron chi connectivity index (χ2n) is 6.68. The molecule has 28 heavy (non-hydrogen) atoms. The van der Waals surface area contributed by atoms with Crippen molar-refractivity contribution in [2.75, 3.05) is 0 Å². The molecule has 0 bridgehead atoms. The largest absolute Gasteiger partial charge is 0.285 e. The van der Waals surface area contributed by atoms with E-state index >= 15 is 0 Å². The van der Waals surface area contributed by atoms with Crippen LogP contribution in [0.25, 0.3) is 0 Å². The molecule has 0 saturated carbocycles. The molecule has 0 aliphatic heterocycles. The van der Waals surface area contributed by atoms with Gasteiger partial charge in [0.1, 0.15) is 0 Å². The van der Waals surface area contributed by atoms with Crippen molar-refractivity contribution in [3.63, 3.8) is 0 Å². The number of benzene rings is 4. The minimum atomic E-state index is -0.657. The number of thiol groups is 1. The van der Waals surface area contributed by atoms with Crippen LogP contribution in [0.15, 0.2) is 114 Å². The third kappa shape index (κ3) is 3.06. The van der Waals surface area contributed by atoms with E-state index in [1.165, 1.54) is 0 Å². The Hall–Kier alpha value is -3.10. The lowest BCUT2D eigenvalue weighted by molar-refractivity contribution is 0.561. The Morgan fingerprint density at radius 2 is 1.04 bits per heavy atom. The quantitative estimate of drug-likeness (QED) is 0.342. The van der Waals surface area contributed by atoms with E-state index in [0.29, 0.717) is 5.56 Å². The van der Waals surface area contributed by atoms with Crippen LogP contribution in [0, 0.1) is 0 Å². The third-order valence-electron chi connectivity index (χ3n) is 5.14. The topological polar surface area (TPSA) is 17.1 Å². The Balaban J connectivity index is 2.20. The predicted octanol–water partition coefficient (Wildman–Crippen LogP) is 5.82. The van der Waals surface area contributed by atoms with Crippen molar-refractivity contribution in [2.45, 2.75) is 10.3 Å². The lowest BCUT2D eigenvalue weighted by atomic mass is 9.64. The summed E-state index contributed by atoms with van der Waals surface area (Å²) in [4.78, 5) is 12.7. The van der Waals surface area contributed by atoms with E-state index in [4.69, 9.17) is 0 Å². The fourth-order valence-corrected chi connectivity index (χ4v) is 4.17. The van der Waals surface area contributed by atoms with Gasteiger partial charge in [0.25, 0.3) is 0 Å². The van der Waals surface area contributed by atoms with Crippen LogP contribution >= 0.6 is 12.6 Å². The maximum Gasteiger partial charge on any atom is 0.233 e. The average molecular weight is 380 g/mol. The summed E-state index contributed by atoms with van der Waals surface area (Å²) in [6, 6.07) is 36.5. The van der Waals surface area contributed by atoms with Gasteiger partial charge in [-0.2, -0.15) is 0 Å². The summed E-state index contributed by atoms with van der Waals surface area (Å²) in [7, 11) is 0. The summed E-state index contributed by atoms with van der Waals surface area (Å²) in [5.41, 5.74) is 4.01. The molecule has 0 unspecified atom stereocenters. The molecule has 4 aromatic carbocycles. The molecule has 0 heterocycles. The minimum Gasteiger partial charge on any atom is -0.285 e. The third-order valence-corrected chi connectivity index (χ3v) is 5.42. The highest BCUT2D eigenvalue weighted by atomic mass is 32.1. The molecule has 0 saturated heterocycles. The number of rotatable bonds is 5. The van der Waals surface area contributed by atoms with E-state index in [-0.39, 0.29) is 0 Å². The van der Waals surface area contributed by atoms with Crippen LogP contribution in [0.5, 0.6) is 0 Å². The molecule has 0 fully saturated rings. The summed E-state index contributed by atoms with van der Waals surface area (Å²) in [5.74, 6) is 0. The van der Waals surface area contributed by atoms with Crippen LogP contribution in [-0.4, -0.2) is 6.29 Å². The van der Waals surface area contributed by atoms with E-state index in [0.717, 1.165) is 27.1 Å². The van der Waals surface area contributed by atoms with Gasteiger partial charge < -0.3 is 0 Å². The van der Waals surface area contributed by atoms with Gasteiger partial charge in [-0.25, -0.2) is 0 Å². The van der Waals surface area contributed by atoms with Gasteiger partial charge in [0.05, 0.1) is 5.41 Å². The van der Waals surface area contributed by atoms with Gasteiger partial charge in [-0.1, -0.05) is 91.0 Å². The van der Waals surface area contributed by atoms with Crippen molar-refractivity contribution in [1.82, 2.24) is 0 Å². The number of carbonyl (C=O) groups excluding carboxylic acids is 1. The number of hydrogen-bond donors (Lipinski definition) is 1. The zero-order valence-electron chi connectivity index (χ0n) is 15.2. The van der Waals surface area contributed by atoms with Crippen LogP contribution in [0.1, 0.15) is 27.8 Å². The van der Waals surface area contributed by atoms with Gasteiger partial charge in [-0.15, -0.1) is 12.6 Å². The SMILES string of the molecule is O=[C]c1ccc(S)cc1C(c1ccccc1)(c1ccccc1)c1ccccc1. The highest BCUT2D eigenvalue weighted by Crippen LogP contribution is 2.46. The van der Waals surface area contributed by atoms with Crippen LogP contribution in [0.3, 0.4) is 0 Å². The van der Waals surface area contributed by atoms with Gasteiger partial charge in [-0.05, 0) is 40.5 Å². The Kier molecular flexibility index (Phi) is 5.14. The summed E-state index contributed by atoms with van der Waals surface area (Å²) >= 11 is 4.58. The van der Waals surface area contributed by atoms with E-state index in [1.54, 1.807) is 6.07 Å². The Bertz CT molecular complexity index is 977. The van der Waals surface area contributed by atoms with E-state index < -0.39 is 5.41 Å². The average Bonchev–Trinajstić information content (AvgIpc) is 2.77. The maximum atomic E-state index is 11.9. The minimum absolute atomic E-state index is 0.536. The lowest BCUT2D eigenvalue weighted by Crippen LogP contribution is -2.32. The van der Waals surface area contributed by atoms with Gasteiger partial charge in [0.2, 0.25) is 6.29 Å². The van der Waals surface area contributed by atoms with E-state index in [9.17, 15) is 4.79 Å². The first-order chi connectivity index (χ1) is 13.8. The van der Waals surface area contributed by atoms with E-state index in [2.05, 4.69) is 55.3 Å². The highest BCUT2D eigenvalue weighted by molar-refractivity contribution is 7.80. The van der Waals surface area contributed by atoms with Crippen LogP contribution in [-0.2, 0) is 10.2 Å². The normalized spacial score (nSPS) is 11.2. The molecular weight excluding hydrogens is 360 g/mol. The zero-order valence-corrected chi connectivity index (χ0v) is 16.1. The molecular formula is C26H19OS. The first-order valence-electron chi connectivity index (χ1n) is 9.15. The van der Waals surface area contributed by atoms with Crippen molar-refractivity contribution >= 4 is 18.9 Å². The Morgan fingerprint density at radius 3 is 1.43 bits per heavy atom. The zero-order chi connectivity index (χ0) is 19.4. The summed E-state index contributed by atoms with van der Waals surface area (Å²) in [6.07, 6.45) is 2.15. The molecule has 1 radical (unpaired) electrons. The molecule has 4 rings (SSSR count). The van der Waals surface area contributed by atoms with Gasteiger partial charge in [-0.3, -0.25) is 4.79 Å². The Labute approximate surface area is 171 Å². The highest BCUT2D eigenvalue weighted by Gasteiger charge is 2.39. The molecule has 1 nitrogen and oxygen atoms in total. The molecule has 0 N–H and O–H groups in total. The van der Waals surface area contributed by atoms with Crippen molar-refractivity contribution in [3.05, 3.63) is 137 Å². The predicted molar refractivity (Wildman–Crippen MR) is 117 cm³/mol. The monoisotopic (exact) mass is 379 g/mol. The second-order valence-corrected chi connectivity index (χ2v) is 7.20. The molecule has 0 aromatic heterocycles. The molecule has 0 aliphatic carbocycles. The molecule has 0 amide bonds. The summed E-state index contributed by atoms with van der Waals surface area (Å²) in [6.45, 7) is 0. The van der Waals surface area contributed by atoms with Crippen LogP contribution < -0.4 is 0 Å². The maximum absolute atomic E-state index is 11.9. The van der Waals surface area contributed by atoms with Gasteiger partial charge >= 0.3 is 0 Å². The fourth-order valence-electron chi connectivity index (χ4n) is 3.96. The molecule has 2 heteroatoms. The summed E-state index contributed by atoms with van der Waals surface area (Å²) < 4.78 is 0. The first kappa shape index (κ1) is 18.3. The molecule has 0 aliphatic rings. The van der Waals surface area contributed by atoms with Crippen molar-refractivity contribution in [1.29, 1.82) is 0 Å². The molecule has 0 spiro atoms. The number of hydrogen-bond acceptors (Lipinski definition) is 2. The lowest BCUT2D eigenvalue weighted by Gasteiger charge is -2.37. The Morgan fingerprint density at radius 1 is 0.607 bits per heavy atom. The van der Waals surface area contributed by atoms with Crippen LogP contribution in [0.4, 0.5) is 0 Å². The van der Waals surface area contributed by atoms with Gasteiger partial charge in [0, 0.05) is 10.5 Å². The summed E-state index contributed by atoms with van der Waals surface area (Å²) in [5, 5.41) is 0. The van der Waals surface area contributed by atoms with Gasteiger partial charge in [0.15, 0.2) is 0 Å². The van der Waals surface area contributed by atoms with Crippen molar-refractivity contribution in [2.24, 2.45) is 0 Å². The fraction of sp³-hybridized carbons (Fsp3) is 0.0385. The standard InChI is InChI=1S/C26H19OS/c27-19-20-16-17-24(28)18-25(20)26(21-10-4-1-5-11-21,22-12-6-2-7-13-22)23-14-8-3-9-15-23/h1-18,28H. The first-order valence-corrected chi connectivity index (χ1v) is 9.60. The molecule has 4 aromatic rings. The smallest absolute Gasteiger partial charge is 0.233 e. The molecule has 0 atom stereocenters. The van der Waals surface area contributed by atoms with Crippen molar-refractivity contribution in [3.8, 4) is 0 Å². The molecule has 135 valence electrons. The van der Waals surface area contributed by atoms with E-state index in [1.807, 2.05) is 66.7 Å².